The van der Waals surface area contributed by atoms with Crippen molar-refractivity contribution in [3.8, 4) is 11.1 Å². The maximum atomic E-state index is 13.1. The number of likely N-dealkylation sites (tertiary alicyclic amines) is 2. The van der Waals surface area contributed by atoms with Crippen molar-refractivity contribution in [2.45, 2.75) is 45.1 Å². The summed E-state index contributed by atoms with van der Waals surface area (Å²) in [6.07, 6.45) is 0.572. The van der Waals surface area contributed by atoms with Gasteiger partial charge in [0.25, 0.3) is 0 Å². The number of benzene rings is 2. The summed E-state index contributed by atoms with van der Waals surface area (Å²) in [5.74, 6) is -1.64. The average Bonchev–Trinajstić information content (AvgIpc) is 3.47. The highest BCUT2D eigenvalue weighted by Gasteiger charge is 2.45. The smallest absolute Gasteiger partial charge is 0.410 e. The minimum Gasteiger partial charge on any atom is -0.481 e. The Labute approximate surface area is 223 Å². The molecule has 2 amide bonds. The van der Waals surface area contributed by atoms with Gasteiger partial charge in [-0.05, 0) is 67.7 Å². The normalized spacial score (nSPS) is 21.7. The second kappa shape index (κ2) is 10.3. The number of aliphatic carboxylic acids is 1. The highest BCUT2D eigenvalue weighted by molar-refractivity contribution is 5.79. The third-order valence-electron chi connectivity index (χ3n) is 8.07. The van der Waals surface area contributed by atoms with E-state index in [1.54, 1.807) is 9.80 Å². The minimum absolute atomic E-state index is 0.0443. The second-order valence-electron chi connectivity index (χ2n) is 11.6. The zero-order valence-electron chi connectivity index (χ0n) is 22.3. The SMILES string of the molecule is CC(C)(C)OC(=O)N1CCC([C@@H]2CN(C(=O)OCC3c4ccccc4-c4ccccc43)C[C@H]2C(=O)O)CC1. The summed E-state index contributed by atoms with van der Waals surface area (Å²) in [5.41, 5.74) is 4.04. The Morgan fingerprint density at radius 3 is 2.00 bits per heavy atom. The fourth-order valence-electron chi connectivity index (χ4n) is 6.24. The third-order valence-corrected chi connectivity index (χ3v) is 8.07. The molecule has 2 saturated heterocycles. The molecule has 0 aromatic heterocycles. The van der Waals surface area contributed by atoms with Gasteiger partial charge in [-0.15, -0.1) is 0 Å². The van der Waals surface area contributed by atoms with Crippen LogP contribution in [0.15, 0.2) is 48.5 Å². The predicted octanol–water partition coefficient (Wildman–Crippen LogP) is 5.22. The molecule has 0 spiro atoms. The van der Waals surface area contributed by atoms with Crippen molar-refractivity contribution in [2.24, 2.45) is 17.8 Å². The maximum absolute atomic E-state index is 13.1. The van der Waals surface area contributed by atoms with Crippen LogP contribution in [0.1, 0.15) is 50.7 Å². The lowest BCUT2D eigenvalue weighted by molar-refractivity contribution is -0.143. The molecule has 2 aliphatic heterocycles. The molecule has 3 aliphatic rings. The van der Waals surface area contributed by atoms with Crippen LogP contribution in [0.5, 0.6) is 0 Å². The Balaban J connectivity index is 1.21. The van der Waals surface area contributed by atoms with Crippen LogP contribution in [0, 0.1) is 17.8 Å². The maximum Gasteiger partial charge on any atom is 0.410 e. The molecular formula is C30H36N2O6. The fraction of sp³-hybridized carbons (Fsp3) is 0.500. The van der Waals surface area contributed by atoms with E-state index in [1.807, 2.05) is 45.0 Å². The first-order chi connectivity index (χ1) is 18.1. The number of rotatable bonds is 4. The highest BCUT2D eigenvalue weighted by atomic mass is 16.6. The van der Waals surface area contributed by atoms with Crippen LogP contribution in [0.25, 0.3) is 11.1 Å². The van der Waals surface area contributed by atoms with Crippen molar-refractivity contribution < 1.29 is 29.0 Å². The van der Waals surface area contributed by atoms with Crippen LogP contribution < -0.4 is 0 Å². The highest BCUT2D eigenvalue weighted by Crippen LogP contribution is 2.44. The lowest BCUT2D eigenvalue weighted by Gasteiger charge is -2.36. The lowest BCUT2D eigenvalue weighted by atomic mass is 9.78. The molecule has 2 aromatic carbocycles. The van der Waals surface area contributed by atoms with Gasteiger partial charge in [-0.3, -0.25) is 4.79 Å². The van der Waals surface area contributed by atoms with Crippen molar-refractivity contribution in [3.63, 3.8) is 0 Å². The van der Waals surface area contributed by atoms with Crippen LogP contribution in [0.4, 0.5) is 9.59 Å². The zero-order chi connectivity index (χ0) is 27.0. The van der Waals surface area contributed by atoms with Crippen molar-refractivity contribution in [2.75, 3.05) is 32.8 Å². The Bertz CT molecular complexity index is 1170. The summed E-state index contributed by atoms with van der Waals surface area (Å²) in [6, 6.07) is 16.3. The van der Waals surface area contributed by atoms with E-state index in [9.17, 15) is 19.5 Å². The van der Waals surface area contributed by atoms with Gasteiger partial charge in [0.05, 0.1) is 5.92 Å². The first-order valence-corrected chi connectivity index (χ1v) is 13.4. The minimum atomic E-state index is -0.890. The van der Waals surface area contributed by atoms with E-state index in [0.717, 1.165) is 22.3 Å². The Morgan fingerprint density at radius 1 is 0.868 bits per heavy atom. The molecule has 2 aromatic rings. The standard InChI is InChI=1S/C30H36N2O6/c1-30(2,3)38-29(36)31-14-12-19(13-15-31)24-16-32(17-25(24)27(33)34)28(35)37-18-26-22-10-6-4-8-20(22)21-9-5-7-11-23(21)26/h4-11,19,24-26H,12-18H2,1-3H3,(H,33,34)/t24-,25+/m0/s1. The van der Waals surface area contributed by atoms with Crippen LogP contribution >= 0.6 is 0 Å². The van der Waals surface area contributed by atoms with Crippen molar-refractivity contribution in [1.29, 1.82) is 0 Å². The molecule has 1 aliphatic carbocycles. The molecule has 2 heterocycles. The van der Waals surface area contributed by atoms with Gasteiger partial charge in [-0.1, -0.05) is 48.5 Å². The fourth-order valence-corrected chi connectivity index (χ4v) is 6.24. The molecule has 0 bridgehead atoms. The zero-order valence-corrected chi connectivity index (χ0v) is 22.3. The molecule has 38 heavy (non-hydrogen) atoms. The molecule has 8 nitrogen and oxygen atoms in total. The van der Waals surface area contributed by atoms with E-state index >= 15 is 0 Å². The summed E-state index contributed by atoms with van der Waals surface area (Å²) in [6.45, 7) is 7.26. The van der Waals surface area contributed by atoms with Crippen molar-refractivity contribution in [1.82, 2.24) is 9.80 Å². The number of carboxylic acids is 1. The first kappa shape index (κ1) is 26.1. The van der Waals surface area contributed by atoms with Gasteiger partial charge in [-0.2, -0.15) is 0 Å². The van der Waals surface area contributed by atoms with E-state index in [4.69, 9.17) is 9.47 Å². The number of carbonyl (C=O) groups excluding carboxylic acids is 2. The monoisotopic (exact) mass is 520 g/mol. The molecule has 0 unspecified atom stereocenters. The molecule has 0 radical (unpaired) electrons. The summed E-state index contributed by atoms with van der Waals surface area (Å²) < 4.78 is 11.3. The third kappa shape index (κ3) is 5.22. The summed E-state index contributed by atoms with van der Waals surface area (Å²) in [4.78, 5) is 40.9. The van der Waals surface area contributed by atoms with E-state index in [0.29, 0.717) is 32.5 Å². The molecule has 202 valence electrons. The number of carboxylic acid groups (broad SMARTS) is 1. The van der Waals surface area contributed by atoms with E-state index < -0.39 is 23.6 Å². The van der Waals surface area contributed by atoms with Gasteiger partial charge in [0.2, 0.25) is 0 Å². The lowest BCUT2D eigenvalue weighted by Crippen LogP contribution is -2.44. The number of amides is 2. The number of hydrogen-bond donors (Lipinski definition) is 1. The van der Waals surface area contributed by atoms with Gasteiger partial charge >= 0.3 is 18.2 Å². The predicted molar refractivity (Wildman–Crippen MR) is 142 cm³/mol. The van der Waals surface area contributed by atoms with Crippen LogP contribution in [-0.2, 0) is 14.3 Å². The van der Waals surface area contributed by atoms with Gasteiger partial charge < -0.3 is 24.4 Å². The quantitative estimate of drug-likeness (QED) is 0.594. The summed E-state index contributed by atoms with van der Waals surface area (Å²) >= 11 is 0. The average molecular weight is 521 g/mol. The summed E-state index contributed by atoms with van der Waals surface area (Å²) in [7, 11) is 0. The van der Waals surface area contributed by atoms with Crippen LogP contribution in [0.3, 0.4) is 0 Å². The number of ether oxygens (including phenoxy) is 2. The molecule has 0 saturated carbocycles. The Morgan fingerprint density at radius 2 is 1.45 bits per heavy atom. The number of hydrogen-bond acceptors (Lipinski definition) is 5. The van der Waals surface area contributed by atoms with Gasteiger partial charge in [0.15, 0.2) is 0 Å². The van der Waals surface area contributed by atoms with Gasteiger partial charge in [0, 0.05) is 32.1 Å². The largest absolute Gasteiger partial charge is 0.481 e. The number of nitrogens with zero attached hydrogens (tertiary/aromatic N) is 2. The number of piperidine rings is 1. The Kier molecular flexibility index (Phi) is 7.07. The molecule has 8 heteroatoms. The summed E-state index contributed by atoms with van der Waals surface area (Å²) in [5, 5.41) is 9.94. The van der Waals surface area contributed by atoms with E-state index in [-0.39, 0.29) is 37.0 Å². The molecule has 2 atom stereocenters. The second-order valence-corrected chi connectivity index (χ2v) is 11.6. The number of fused-ring (bicyclic) bond motifs is 3. The number of carbonyl (C=O) groups is 3. The topological polar surface area (TPSA) is 96.4 Å². The van der Waals surface area contributed by atoms with Crippen LogP contribution in [0.2, 0.25) is 0 Å². The van der Waals surface area contributed by atoms with Crippen molar-refractivity contribution >= 4 is 18.2 Å². The van der Waals surface area contributed by atoms with E-state index in [2.05, 4.69) is 24.3 Å². The molecular weight excluding hydrogens is 484 g/mol. The Hall–Kier alpha value is -3.55. The molecule has 1 N–H and O–H groups in total. The van der Waals surface area contributed by atoms with Crippen molar-refractivity contribution in [3.05, 3.63) is 59.7 Å². The van der Waals surface area contributed by atoms with Crippen LogP contribution in [-0.4, -0.2) is 71.4 Å². The van der Waals surface area contributed by atoms with Gasteiger partial charge in [0.1, 0.15) is 12.2 Å². The van der Waals surface area contributed by atoms with E-state index in [1.165, 1.54) is 0 Å². The molecule has 5 rings (SSSR count). The molecule has 2 fully saturated rings. The first-order valence-electron chi connectivity index (χ1n) is 13.4. The van der Waals surface area contributed by atoms with Gasteiger partial charge in [-0.25, -0.2) is 9.59 Å².